The van der Waals surface area contributed by atoms with Gasteiger partial charge in [0.2, 0.25) is 0 Å². The maximum absolute atomic E-state index is 12.0. The number of amides is 1. The number of benzene rings is 1. The van der Waals surface area contributed by atoms with Crippen LogP contribution in [0.25, 0.3) is 0 Å². The van der Waals surface area contributed by atoms with Crippen LogP contribution in [0, 0.1) is 0 Å². The Bertz CT molecular complexity index is 766. The summed E-state index contributed by atoms with van der Waals surface area (Å²) < 4.78 is 6.49. The third-order valence-corrected chi connectivity index (χ3v) is 3.99. The predicted octanol–water partition coefficient (Wildman–Crippen LogP) is 1.17. The van der Waals surface area contributed by atoms with Gasteiger partial charge in [0.15, 0.2) is 0 Å². The molecule has 0 unspecified atom stereocenters. The lowest BCUT2D eigenvalue weighted by Crippen LogP contribution is -2.32. The topological polar surface area (TPSA) is 73.2 Å². The predicted molar refractivity (Wildman–Crippen MR) is 85.8 cm³/mol. The molecule has 1 aromatic heterocycles. The molecule has 1 aliphatic carbocycles. The third-order valence-electron chi connectivity index (χ3n) is 3.99. The van der Waals surface area contributed by atoms with Gasteiger partial charge in [-0.3, -0.25) is 9.59 Å². The standard InChI is InChI=1S/C17H19N3O3/c1-23-14-7-5-12(6-8-14)17(22)18-9-10-20-16(21)11-13-3-2-4-15(13)19-20/h5-8,11H,2-4,9-10H2,1H3,(H,18,22). The lowest BCUT2D eigenvalue weighted by atomic mass is 10.2. The van der Waals surface area contributed by atoms with Crippen molar-refractivity contribution in [3.8, 4) is 5.75 Å². The van der Waals surface area contributed by atoms with E-state index in [9.17, 15) is 9.59 Å². The molecular formula is C17H19N3O3. The van der Waals surface area contributed by atoms with Crippen molar-refractivity contribution < 1.29 is 9.53 Å². The zero-order chi connectivity index (χ0) is 16.2. The minimum Gasteiger partial charge on any atom is -0.497 e. The van der Waals surface area contributed by atoms with Gasteiger partial charge in [0.25, 0.3) is 11.5 Å². The molecule has 1 amide bonds. The fourth-order valence-corrected chi connectivity index (χ4v) is 2.72. The molecule has 0 saturated carbocycles. The van der Waals surface area contributed by atoms with E-state index in [2.05, 4.69) is 10.4 Å². The van der Waals surface area contributed by atoms with E-state index in [1.807, 2.05) is 0 Å². The van der Waals surface area contributed by atoms with Crippen molar-refractivity contribution in [1.29, 1.82) is 0 Å². The van der Waals surface area contributed by atoms with Crippen molar-refractivity contribution in [3.63, 3.8) is 0 Å². The second-order valence-corrected chi connectivity index (χ2v) is 5.52. The zero-order valence-corrected chi connectivity index (χ0v) is 13.0. The van der Waals surface area contributed by atoms with E-state index < -0.39 is 0 Å². The second kappa shape index (κ2) is 6.64. The average Bonchev–Trinajstić information content (AvgIpc) is 3.02. The maximum atomic E-state index is 12.0. The summed E-state index contributed by atoms with van der Waals surface area (Å²) in [7, 11) is 1.58. The number of hydrogen-bond donors (Lipinski definition) is 1. The lowest BCUT2D eigenvalue weighted by Gasteiger charge is -2.09. The summed E-state index contributed by atoms with van der Waals surface area (Å²) in [4.78, 5) is 24.0. The van der Waals surface area contributed by atoms with E-state index in [1.54, 1.807) is 37.4 Å². The Morgan fingerprint density at radius 3 is 2.83 bits per heavy atom. The average molecular weight is 313 g/mol. The number of aryl methyl sites for hydroxylation is 2. The number of hydrogen-bond acceptors (Lipinski definition) is 4. The Labute approximate surface area is 134 Å². The van der Waals surface area contributed by atoms with Crippen LogP contribution in [0.3, 0.4) is 0 Å². The highest BCUT2D eigenvalue weighted by atomic mass is 16.5. The van der Waals surface area contributed by atoms with Crippen LogP contribution in [-0.4, -0.2) is 29.3 Å². The van der Waals surface area contributed by atoms with Crippen molar-refractivity contribution >= 4 is 5.91 Å². The number of carbonyl (C=O) groups is 1. The minimum atomic E-state index is -0.179. The van der Waals surface area contributed by atoms with E-state index in [1.165, 1.54) is 4.68 Å². The van der Waals surface area contributed by atoms with E-state index in [-0.39, 0.29) is 11.5 Å². The monoisotopic (exact) mass is 313 g/mol. The van der Waals surface area contributed by atoms with Gasteiger partial charge in [-0.2, -0.15) is 5.10 Å². The molecule has 0 bridgehead atoms. The van der Waals surface area contributed by atoms with Crippen LogP contribution in [0.1, 0.15) is 28.0 Å². The molecule has 3 rings (SSSR count). The van der Waals surface area contributed by atoms with Crippen LogP contribution in [0.4, 0.5) is 0 Å². The molecule has 0 spiro atoms. The molecule has 1 aliphatic rings. The molecule has 1 heterocycles. The first-order valence-electron chi connectivity index (χ1n) is 7.69. The Hall–Kier alpha value is -2.63. The van der Waals surface area contributed by atoms with Crippen molar-refractivity contribution in [1.82, 2.24) is 15.1 Å². The van der Waals surface area contributed by atoms with Crippen molar-refractivity contribution in [2.24, 2.45) is 0 Å². The molecule has 0 radical (unpaired) electrons. The van der Waals surface area contributed by atoms with Gasteiger partial charge in [-0.15, -0.1) is 0 Å². The van der Waals surface area contributed by atoms with Crippen LogP contribution in [0.5, 0.6) is 5.75 Å². The molecule has 0 atom stereocenters. The molecule has 2 aromatic rings. The summed E-state index contributed by atoms with van der Waals surface area (Å²) in [5.41, 5.74) is 2.52. The highest BCUT2D eigenvalue weighted by Crippen LogP contribution is 2.16. The third kappa shape index (κ3) is 3.41. The molecule has 1 N–H and O–H groups in total. The number of carbonyl (C=O) groups excluding carboxylic acids is 1. The molecule has 6 heteroatoms. The molecule has 1 aromatic carbocycles. The van der Waals surface area contributed by atoms with Gasteiger partial charge in [-0.1, -0.05) is 0 Å². The van der Waals surface area contributed by atoms with Gasteiger partial charge in [-0.25, -0.2) is 4.68 Å². The summed E-state index contributed by atoms with van der Waals surface area (Å²) in [5, 5.41) is 7.18. The van der Waals surface area contributed by atoms with Crippen molar-refractivity contribution in [3.05, 3.63) is 57.5 Å². The summed E-state index contributed by atoms with van der Waals surface area (Å²) in [6.07, 6.45) is 2.92. The summed E-state index contributed by atoms with van der Waals surface area (Å²) in [6, 6.07) is 8.55. The summed E-state index contributed by atoms with van der Waals surface area (Å²) in [5.74, 6) is 0.525. The molecule has 23 heavy (non-hydrogen) atoms. The fourth-order valence-electron chi connectivity index (χ4n) is 2.72. The van der Waals surface area contributed by atoms with Gasteiger partial charge in [0, 0.05) is 18.2 Å². The molecule has 0 saturated heterocycles. The first-order valence-corrected chi connectivity index (χ1v) is 7.69. The van der Waals surface area contributed by atoms with E-state index in [4.69, 9.17) is 4.74 Å². The number of aromatic nitrogens is 2. The Kier molecular flexibility index (Phi) is 4.41. The second-order valence-electron chi connectivity index (χ2n) is 5.52. The van der Waals surface area contributed by atoms with Crippen LogP contribution in [0.15, 0.2) is 35.1 Å². The quantitative estimate of drug-likeness (QED) is 0.899. The fraction of sp³-hybridized carbons (Fsp3) is 0.353. The van der Waals surface area contributed by atoms with Gasteiger partial charge in [0.1, 0.15) is 5.75 Å². The lowest BCUT2D eigenvalue weighted by molar-refractivity contribution is 0.0951. The van der Waals surface area contributed by atoms with E-state index in [0.717, 1.165) is 30.5 Å². The number of methoxy groups -OCH3 is 1. The van der Waals surface area contributed by atoms with E-state index in [0.29, 0.717) is 24.4 Å². The minimum absolute atomic E-state index is 0.107. The number of fused-ring (bicyclic) bond motifs is 1. The largest absolute Gasteiger partial charge is 0.497 e. The highest BCUT2D eigenvalue weighted by Gasteiger charge is 2.14. The van der Waals surface area contributed by atoms with Crippen LogP contribution < -0.4 is 15.6 Å². The van der Waals surface area contributed by atoms with Crippen LogP contribution >= 0.6 is 0 Å². The zero-order valence-electron chi connectivity index (χ0n) is 13.0. The molecule has 120 valence electrons. The van der Waals surface area contributed by atoms with Gasteiger partial charge >= 0.3 is 0 Å². The SMILES string of the molecule is COc1ccc(C(=O)NCCn2nc3c(cc2=O)CCC3)cc1. The number of nitrogens with zero attached hydrogens (tertiary/aromatic N) is 2. The van der Waals surface area contributed by atoms with Crippen LogP contribution in [0.2, 0.25) is 0 Å². The van der Waals surface area contributed by atoms with Gasteiger partial charge in [0.05, 0.1) is 19.3 Å². The molecule has 0 aliphatic heterocycles. The molecular weight excluding hydrogens is 294 g/mol. The molecule has 6 nitrogen and oxygen atoms in total. The smallest absolute Gasteiger partial charge is 0.267 e. The maximum Gasteiger partial charge on any atom is 0.267 e. The van der Waals surface area contributed by atoms with Crippen molar-refractivity contribution in [2.45, 2.75) is 25.8 Å². The van der Waals surface area contributed by atoms with E-state index >= 15 is 0 Å². The van der Waals surface area contributed by atoms with Gasteiger partial charge in [-0.05, 0) is 49.1 Å². The number of rotatable bonds is 5. The first-order chi connectivity index (χ1) is 11.2. The number of ether oxygens (including phenoxy) is 1. The Balaban J connectivity index is 1.58. The Morgan fingerprint density at radius 2 is 2.09 bits per heavy atom. The number of nitrogens with one attached hydrogen (secondary N) is 1. The normalized spacial score (nSPS) is 12.7. The summed E-state index contributed by atoms with van der Waals surface area (Å²) in [6.45, 7) is 0.727. The molecule has 0 fully saturated rings. The van der Waals surface area contributed by atoms with Crippen LogP contribution in [-0.2, 0) is 19.4 Å². The Morgan fingerprint density at radius 1 is 1.30 bits per heavy atom. The van der Waals surface area contributed by atoms with Gasteiger partial charge < -0.3 is 10.1 Å². The van der Waals surface area contributed by atoms with Crippen molar-refractivity contribution in [2.75, 3.05) is 13.7 Å². The summed E-state index contributed by atoms with van der Waals surface area (Å²) >= 11 is 0. The first kappa shape index (κ1) is 15.3. The highest BCUT2D eigenvalue weighted by molar-refractivity contribution is 5.94.